The Morgan fingerprint density at radius 1 is 0.403 bits per heavy atom. The summed E-state index contributed by atoms with van der Waals surface area (Å²) in [7, 11) is 0. The molecule has 3 atom stereocenters. The molecule has 300 valence electrons. The molecule has 1 heteroatoms. The number of hydrogen-bond acceptors (Lipinski definition) is 1. The molecule has 13 rings (SSSR count). The largest absolute Gasteiger partial charge is 0.309 e. The van der Waals surface area contributed by atoms with Crippen LogP contribution in [0.4, 0.5) is 17.1 Å². The number of anilines is 3. The van der Waals surface area contributed by atoms with Crippen molar-refractivity contribution in [3.63, 3.8) is 0 Å². The van der Waals surface area contributed by atoms with Crippen molar-refractivity contribution in [3.05, 3.63) is 209 Å². The number of fused-ring (bicyclic) bond motifs is 14. The highest BCUT2D eigenvalue weighted by molar-refractivity contribution is 6.01. The summed E-state index contributed by atoms with van der Waals surface area (Å²) in [5.41, 5.74) is 25.5. The Balaban J connectivity index is 1.06. The molecule has 0 heterocycles. The lowest BCUT2D eigenvalue weighted by Gasteiger charge is -2.37. The van der Waals surface area contributed by atoms with E-state index in [4.69, 9.17) is 0 Å². The molecular formula is C61H51N. The minimum atomic E-state index is -0.0903. The number of benzene rings is 8. The number of nitrogens with zero attached hydrogens (tertiary/aromatic N) is 1. The smallest absolute Gasteiger partial charge is 0.0540 e. The van der Waals surface area contributed by atoms with Crippen LogP contribution < -0.4 is 4.90 Å². The lowest BCUT2D eigenvalue weighted by Crippen LogP contribution is -2.31. The van der Waals surface area contributed by atoms with Crippen LogP contribution in [-0.2, 0) is 16.2 Å². The van der Waals surface area contributed by atoms with E-state index in [1.54, 1.807) is 11.1 Å². The monoisotopic (exact) mass is 797 g/mol. The Labute approximate surface area is 366 Å². The van der Waals surface area contributed by atoms with Crippen molar-refractivity contribution in [2.24, 2.45) is 11.8 Å². The first-order valence-corrected chi connectivity index (χ1v) is 23.0. The summed E-state index contributed by atoms with van der Waals surface area (Å²) in [6.45, 7) is 9.52. The lowest BCUT2D eigenvalue weighted by molar-refractivity contribution is 0.327. The predicted molar refractivity (Wildman–Crippen MR) is 259 cm³/mol. The summed E-state index contributed by atoms with van der Waals surface area (Å²) in [5.74, 6) is 1.56. The van der Waals surface area contributed by atoms with Crippen LogP contribution in [0.2, 0.25) is 0 Å². The zero-order valence-electron chi connectivity index (χ0n) is 36.2. The molecule has 8 aromatic carbocycles. The van der Waals surface area contributed by atoms with Gasteiger partial charge in [0.05, 0.1) is 11.4 Å². The fraction of sp³-hybridized carbons (Fsp3) is 0.213. The summed E-state index contributed by atoms with van der Waals surface area (Å²) < 4.78 is 0. The average molecular weight is 798 g/mol. The second kappa shape index (κ2) is 12.8. The first kappa shape index (κ1) is 36.2. The highest BCUT2D eigenvalue weighted by Crippen LogP contribution is 2.66. The maximum absolute atomic E-state index is 2.59. The Kier molecular flexibility index (Phi) is 7.48. The van der Waals surface area contributed by atoms with E-state index in [1.165, 1.54) is 121 Å². The maximum atomic E-state index is 2.59. The van der Waals surface area contributed by atoms with Gasteiger partial charge in [0, 0.05) is 33.1 Å². The first-order valence-electron chi connectivity index (χ1n) is 23.0. The molecule has 0 N–H and O–H groups in total. The number of rotatable bonds is 5. The van der Waals surface area contributed by atoms with Crippen LogP contribution in [0.1, 0.15) is 86.8 Å². The van der Waals surface area contributed by atoms with Crippen LogP contribution in [0.3, 0.4) is 0 Å². The van der Waals surface area contributed by atoms with Gasteiger partial charge in [-0.15, -0.1) is 0 Å². The molecule has 1 spiro atoms. The van der Waals surface area contributed by atoms with Crippen LogP contribution in [0, 0.1) is 11.8 Å². The van der Waals surface area contributed by atoms with Crippen LogP contribution in [-0.4, -0.2) is 0 Å². The molecule has 8 aromatic rings. The third kappa shape index (κ3) is 4.75. The van der Waals surface area contributed by atoms with E-state index in [9.17, 15) is 0 Å². The minimum absolute atomic E-state index is 0.0467. The molecule has 0 aromatic heterocycles. The summed E-state index contributed by atoms with van der Waals surface area (Å²) in [4.78, 5) is 2.59. The van der Waals surface area contributed by atoms with Crippen LogP contribution in [0.25, 0.3) is 55.6 Å². The van der Waals surface area contributed by atoms with Crippen LogP contribution in [0.5, 0.6) is 0 Å². The van der Waals surface area contributed by atoms with Gasteiger partial charge in [0.1, 0.15) is 0 Å². The summed E-state index contributed by atoms with van der Waals surface area (Å²) in [5, 5.41) is 0. The Morgan fingerprint density at radius 2 is 0.919 bits per heavy atom. The molecule has 1 nitrogen and oxygen atoms in total. The van der Waals surface area contributed by atoms with Gasteiger partial charge in [-0.3, -0.25) is 0 Å². The number of para-hydroxylation sites is 2. The van der Waals surface area contributed by atoms with E-state index in [0.717, 1.165) is 11.8 Å². The normalized spacial score (nSPS) is 21.0. The Morgan fingerprint density at radius 3 is 1.65 bits per heavy atom. The van der Waals surface area contributed by atoms with Crippen LogP contribution >= 0.6 is 0 Å². The van der Waals surface area contributed by atoms with Gasteiger partial charge < -0.3 is 4.90 Å². The summed E-state index contributed by atoms with van der Waals surface area (Å²) in [6, 6.07) is 67.6. The third-order valence-corrected chi connectivity index (χ3v) is 16.4. The molecule has 2 fully saturated rings. The van der Waals surface area contributed by atoms with Crippen molar-refractivity contribution in [2.45, 2.75) is 69.6 Å². The summed E-state index contributed by atoms with van der Waals surface area (Å²) in [6.07, 6.45) is 5.38. The van der Waals surface area contributed by atoms with Gasteiger partial charge in [0.15, 0.2) is 0 Å². The standard InChI is InChI=1S/C61H51N/c1-59(2)50-22-10-5-17-43(50)48-35-39(29-32-52(48)59)42-16-8-13-26-56(42)62(41-31-33-54-49(36-41)44-18-6-12-24-53(44)61(54)37-38-28-30-40(61)34-38)57-27-14-9-19-45(57)46-21-15-25-55-58(46)47-20-7-11-23-51(47)60(55,3)4/h5-27,29,31-33,35-36,38,40H,28,30,34,37H2,1-4H3. The Hall–Kier alpha value is -6.44. The maximum Gasteiger partial charge on any atom is 0.0540 e. The minimum Gasteiger partial charge on any atom is -0.309 e. The molecule has 3 unspecified atom stereocenters. The van der Waals surface area contributed by atoms with E-state index < -0.39 is 0 Å². The van der Waals surface area contributed by atoms with Crippen molar-refractivity contribution < 1.29 is 0 Å². The van der Waals surface area contributed by atoms with Gasteiger partial charge in [-0.05, 0) is 139 Å². The molecular weight excluding hydrogens is 747 g/mol. The molecule has 0 aliphatic heterocycles. The van der Waals surface area contributed by atoms with Gasteiger partial charge in [-0.25, -0.2) is 0 Å². The van der Waals surface area contributed by atoms with Crippen molar-refractivity contribution in [1.82, 2.24) is 0 Å². The zero-order chi connectivity index (χ0) is 41.5. The van der Waals surface area contributed by atoms with Crippen molar-refractivity contribution in [1.29, 1.82) is 0 Å². The van der Waals surface area contributed by atoms with Gasteiger partial charge in [0.2, 0.25) is 0 Å². The molecule has 0 amide bonds. The quantitative estimate of drug-likeness (QED) is 0.168. The third-order valence-electron chi connectivity index (χ3n) is 16.4. The van der Waals surface area contributed by atoms with E-state index >= 15 is 0 Å². The lowest BCUT2D eigenvalue weighted by atomic mass is 9.67. The highest BCUT2D eigenvalue weighted by atomic mass is 15.1. The van der Waals surface area contributed by atoms with Gasteiger partial charge >= 0.3 is 0 Å². The number of hydrogen-bond donors (Lipinski definition) is 0. The SMILES string of the molecule is CC1(C)c2ccccc2-c2cc(-c3ccccc3N(c3ccc4c(c3)-c3ccccc3C43CC4CCC3C4)c3ccccc3-c3cccc4c3-c3ccccc3C4(C)C)ccc21. The first-order chi connectivity index (χ1) is 30.2. The molecule has 2 saturated carbocycles. The average Bonchev–Trinajstić information content (AvgIpc) is 4.10. The molecule has 0 radical (unpaired) electrons. The molecule has 5 aliphatic carbocycles. The Bertz CT molecular complexity index is 3180. The summed E-state index contributed by atoms with van der Waals surface area (Å²) >= 11 is 0. The molecule has 62 heavy (non-hydrogen) atoms. The molecule has 0 saturated heterocycles. The molecule has 2 bridgehead atoms. The second-order valence-corrected chi connectivity index (χ2v) is 20.0. The van der Waals surface area contributed by atoms with Gasteiger partial charge in [0.25, 0.3) is 0 Å². The fourth-order valence-corrected chi connectivity index (χ4v) is 13.6. The van der Waals surface area contributed by atoms with Gasteiger partial charge in [-0.1, -0.05) is 180 Å². The highest BCUT2D eigenvalue weighted by Gasteiger charge is 2.56. The predicted octanol–water partition coefficient (Wildman–Crippen LogP) is 16.2. The van der Waals surface area contributed by atoms with E-state index in [-0.39, 0.29) is 16.2 Å². The second-order valence-electron chi connectivity index (χ2n) is 20.0. The van der Waals surface area contributed by atoms with E-state index in [0.29, 0.717) is 0 Å². The van der Waals surface area contributed by atoms with E-state index in [2.05, 4.69) is 209 Å². The molecule has 5 aliphatic rings. The van der Waals surface area contributed by atoms with E-state index in [1.807, 2.05) is 0 Å². The zero-order valence-corrected chi connectivity index (χ0v) is 36.2. The van der Waals surface area contributed by atoms with Gasteiger partial charge in [-0.2, -0.15) is 0 Å². The van der Waals surface area contributed by atoms with Crippen molar-refractivity contribution in [3.8, 4) is 55.6 Å². The van der Waals surface area contributed by atoms with Crippen molar-refractivity contribution in [2.75, 3.05) is 4.90 Å². The van der Waals surface area contributed by atoms with Crippen molar-refractivity contribution >= 4 is 17.1 Å². The fourth-order valence-electron chi connectivity index (χ4n) is 13.6. The topological polar surface area (TPSA) is 3.24 Å². The van der Waals surface area contributed by atoms with Crippen LogP contribution in [0.15, 0.2) is 176 Å².